The molecule has 9 nitrogen and oxygen atoms in total. The molecule has 1 aliphatic heterocycles. The predicted molar refractivity (Wildman–Crippen MR) is 127 cm³/mol. The lowest BCUT2D eigenvalue weighted by Gasteiger charge is -2.32. The van der Waals surface area contributed by atoms with E-state index in [-0.39, 0.29) is 11.9 Å². The molecule has 3 aromatic heterocycles. The molecule has 6 rings (SSSR count). The van der Waals surface area contributed by atoms with Crippen LogP contribution in [0.25, 0.3) is 15.9 Å². The SMILES string of the molecule is C[C@H]1COCCN1CC(=O)Nc1nc2ccc(Sc3nnc4ccc(C5CC5)nn34)cc2s1. The lowest BCUT2D eigenvalue weighted by Crippen LogP contribution is -2.47. The number of anilines is 1. The van der Waals surface area contributed by atoms with E-state index in [0.717, 1.165) is 38.2 Å². The van der Waals surface area contributed by atoms with Crippen molar-refractivity contribution in [2.75, 3.05) is 31.6 Å². The second-order valence-corrected chi connectivity index (χ2v) is 10.5. The minimum atomic E-state index is -0.0510. The number of hydrogen-bond donors (Lipinski definition) is 1. The van der Waals surface area contributed by atoms with Crippen LogP contribution in [-0.4, -0.2) is 67.9 Å². The molecule has 11 heteroatoms. The van der Waals surface area contributed by atoms with Gasteiger partial charge in [0.05, 0.1) is 35.7 Å². The maximum Gasteiger partial charge on any atom is 0.240 e. The molecule has 170 valence electrons. The van der Waals surface area contributed by atoms with Gasteiger partial charge in [-0.1, -0.05) is 11.3 Å². The van der Waals surface area contributed by atoms with Gasteiger partial charge >= 0.3 is 0 Å². The summed E-state index contributed by atoms with van der Waals surface area (Å²) in [6.45, 7) is 4.51. The number of morpholine rings is 1. The number of ether oxygens (including phenoxy) is 1. The molecule has 1 saturated heterocycles. The average molecular weight is 482 g/mol. The van der Waals surface area contributed by atoms with Crippen LogP contribution in [0, 0.1) is 0 Å². The third-order valence-corrected chi connectivity index (χ3v) is 7.78. The van der Waals surface area contributed by atoms with Crippen molar-refractivity contribution in [2.24, 2.45) is 0 Å². The van der Waals surface area contributed by atoms with Gasteiger partial charge < -0.3 is 10.1 Å². The molecule has 2 aliphatic rings. The standard InChI is InChI=1S/C22H23N7O2S2/c1-13-12-31-9-8-28(13)11-20(30)24-21-23-17-5-4-15(10-18(17)33-21)32-22-26-25-19-7-6-16(14-2-3-14)27-29(19)22/h4-7,10,13-14H,2-3,8-9,11-12H2,1H3,(H,23,24,30)/t13-/m0/s1. The molecule has 1 amide bonds. The lowest BCUT2D eigenvalue weighted by atomic mass is 10.2. The fraction of sp³-hybridized carbons (Fsp3) is 0.409. The molecule has 1 aromatic carbocycles. The molecule has 1 aliphatic carbocycles. The van der Waals surface area contributed by atoms with Crippen molar-refractivity contribution < 1.29 is 9.53 Å². The monoisotopic (exact) mass is 481 g/mol. The molecule has 0 bridgehead atoms. The van der Waals surface area contributed by atoms with E-state index in [1.165, 1.54) is 35.9 Å². The average Bonchev–Trinajstić information content (AvgIpc) is 3.48. The smallest absolute Gasteiger partial charge is 0.240 e. The van der Waals surface area contributed by atoms with Gasteiger partial charge in [-0.25, -0.2) is 4.98 Å². The van der Waals surface area contributed by atoms with E-state index >= 15 is 0 Å². The Morgan fingerprint density at radius 2 is 2.18 bits per heavy atom. The first-order chi connectivity index (χ1) is 16.1. The van der Waals surface area contributed by atoms with Gasteiger partial charge in [0, 0.05) is 23.4 Å². The van der Waals surface area contributed by atoms with E-state index < -0.39 is 0 Å². The number of benzene rings is 1. The summed E-state index contributed by atoms with van der Waals surface area (Å²) in [5.41, 5.74) is 2.72. The van der Waals surface area contributed by atoms with Gasteiger partial charge in [0.25, 0.3) is 0 Å². The molecule has 0 unspecified atom stereocenters. The molecule has 0 radical (unpaired) electrons. The molecule has 4 aromatic rings. The summed E-state index contributed by atoms with van der Waals surface area (Å²) in [7, 11) is 0. The molecule has 4 heterocycles. The van der Waals surface area contributed by atoms with E-state index in [0.29, 0.717) is 30.8 Å². The van der Waals surface area contributed by atoms with Crippen LogP contribution in [0.1, 0.15) is 31.4 Å². The van der Waals surface area contributed by atoms with Gasteiger partial charge in [0.1, 0.15) is 0 Å². The Balaban J connectivity index is 1.17. The van der Waals surface area contributed by atoms with E-state index in [4.69, 9.17) is 9.84 Å². The molecule has 0 spiro atoms. The summed E-state index contributed by atoms with van der Waals surface area (Å²) in [5.74, 6) is 0.521. The first kappa shape index (κ1) is 21.0. The van der Waals surface area contributed by atoms with Gasteiger partial charge in [-0.05, 0) is 61.9 Å². The Morgan fingerprint density at radius 1 is 1.27 bits per heavy atom. The number of carbonyl (C=O) groups is 1. The fourth-order valence-electron chi connectivity index (χ4n) is 3.91. The first-order valence-electron chi connectivity index (χ1n) is 11.0. The highest BCUT2D eigenvalue weighted by molar-refractivity contribution is 7.99. The molecule has 1 saturated carbocycles. The summed E-state index contributed by atoms with van der Waals surface area (Å²) in [6.07, 6.45) is 2.41. The maximum atomic E-state index is 12.5. The van der Waals surface area contributed by atoms with E-state index in [1.807, 2.05) is 22.7 Å². The second kappa shape index (κ2) is 8.64. The van der Waals surface area contributed by atoms with E-state index in [2.05, 4.69) is 44.5 Å². The first-order valence-corrected chi connectivity index (χ1v) is 12.7. The van der Waals surface area contributed by atoms with Crippen LogP contribution < -0.4 is 5.32 Å². The minimum absolute atomic E-state index is 0.0510. The highest BCUT2D eigenvalue weighted by Crippen LogP contribution is 2.39. The molecular weight excluding hydrogens is 458 g/mol. The summed E-state index contributed by atoms with van der Waals surface area (Å²) in [4.78, 5) is 20.3. The molecular formula is C22H23N7O2S2. The Kier molecular flexibility index (Phi) is 5.49. The van der Waals surface area contributed by atoms with Gasteiger partial charge in [0.15, 0.2) is 10.8 Å². The van der Waals surface area contributed by atoms with Gasteiger partial charge in [0.2, 0.25) is 11.1 Å². The van der Waals surface area contributed by atoms with Crippen molar-refractivity contribution in [2.45, 2.75) is 41.8 Å². The van der Waals surface area contributed by atoms with Crippen LogP contribution in [0.5, 0.6) is 0 Å². The van der Waals surface area contributed by atoms with E-state index in [9.17, 15) is 4.79 Å². The largest absolute Gasteiger partial charge is 0.379 e. The zero-order valence-electron chi connectivity index (χ0n) is 18.1. The van der Waals surface area contributed by atoms with Crippen molar-refractivity contribution >= 4 is 50.0 Å². The van der Waals surface area contributed by atoms with Crippen molar-refractivity contribution in [3.63, 3.8) is 0 Å². The van der Waals surface area contributed by atoms with Crippen molar-refractivity contribution in [3.05, 3.63) is 36.0 Å². The third kappa shape index (κ3) is 4.45. The highest BCUT2D eigenvalue weighted by Gasteiger charge is 2.26. The number of rotatable bonds is 6. The van der Waals surface area contributed by atoms with Crippen LogP contribution in [0.3, 0.4) is 0 Å². The second-order valence-electron chi connectivity index (χ2n) is 8.48. The topological polar surface area (TPSA) is 97.5 Å². The number of fused-ring (bicyclic) bond motifs is 2. The van der Waals surface area contributed by atoms with Crippen molar-refractivity contribution in [1.29, 1.82) is 0 Å². The number of amides is 1. The number of thiazole rings is 1. The van der Waals surface area contributed by atoms with Gasteiger partial charge in [-0.2, -0.15) is 9.61 Å². The summed E-state index contributed by atoms with van der Waals surface area (Å²) in [5, 5.41) is 17.6. The Labute approximate surface area is 198 Å². The highest BCUT2D eigenvalue weighted by atomic mass is 32.2. The number of nitrogens with one attached hydrogen (secondary N) is 1. The lowest BCUT2D eigenvalue weighted by molar-refractivity contribution is -0.119. The zero-order valence-corrected chi connectivity index (χ0v) is 19.7. The third-order valence-electron chi connectivity index (χ3n) is 5.92. The van der Waals surface area contributed by atoms with Crippen LogP contribution >= 0.6 is 23.1 Å². The summed E-state index contributed by atoms with van der Waals surface area (Å²) >= 11 is 3.00. The molecule has 33 heavy (non-hydrogen) atoms. The Hall–Kier alpha value is -2.60. The molecule has 2 fully saturated rings. The minimum Gasteiger partial charge on any atom is -0.379 e. The zero-order chi connectivity index (χ0) is 22.4. The summed E-state index contributed by atoms with van der Waals surface area (Å²) in [6, 6.07) is 10.3. The number of carbonyl (C=O) groups excluding carboxylic acids is 1. The maximum absolute atomic E-state index is 12.5. The Morgan fingerprint density at radius 3 is 3.03 bits per heavy atom. The molecule has 1 atom stereocenters. The summed E-state index contributed by atoms with van der Waals surface area (Å²) < 4.78 is 8.28. The number of aromatic nitrogens is 5. The van der Waals surface area contributed by atoms with Crippen molar-refractivity contribution in [1.82, 2.24) is 29.7 Å². The van der Waals surface area contributed by atoms with E-state index in [1.54, 1.807) is 0 Å². The normalized spacial score (nSPS) is 19.4. The van der Waals surface area contributed by atoms with Crippen LogP contribution in [0.15, 0.2) is 40.4 Å². The quantitative estimate of drug-likeness (QED) is 0.447. The number of nitrogens with zero attached hydrogens (tertiary/aromatic N) is 6. The Bertz CT molecular complexity index is 1330. The fourth-order valence-corrected chi connectivity index (χ4v) is 5.73. The van der Waals surface area contributed by atoms with Crippen LogP contribution in [0.2, 0.25) is 0 Å². The number of hydrogen-bond acceptors (Lipinski definition) is 9. The van der Waals surface area contributed by atoms with Gasteiger partial charge in [-0.3, -0.25) is 9.69 Å². The van der Waals surface area contributed by atoms with Crippen LogP contribution in [0.4, 0.5) is 5.13 Å². The van der Waals surface area contributed by atoms with Gasteiger partial charge in [-0.15, -0.1) is 10.2 Å². The molecule has 1 N–H and O–H groups in total. The predicted octanol–water partition coefficient (Wildman–Crippen LogP) is 3.42. The van der Waals surface area contributed by atoms with Crippen LogP contribution in [-0.2, 0) is 9.53 Å². The van der Waals surface area contributed by atoms with Crippen molar-refractivity contribution in [3.8, 4) is 0 Å².